The Balaban J connectivity index is 2.53. The van der Waals surface area contributed by atoms with Crippen LogP contribution in [0.5, 0.6) is 5.75 Å². The molecule has 0 atom stereocenters. The van der Waals surface area contributed by atoms with Crippen LogP contribution in [0.4, 0.5) is 8.78 Å². The lowest BCUT2D eigenvalue weighted by Crippen LogP contribution is -2.40. The molecule has 100 valence electrons. The van der Waals surface area contributed by atoms with Crippen molar-refractivity contribution < 1.29 is 13.5 Å². The second kappa shape index (κ2) is 5.02. The summed E-state index contributed by atoms with van der Waals surface area (Å²) in [6.45, 7) is 0. The van der Waals surface area contributed by atoms with Crippen molar-refractivity contribution in [1.29, 1.82) is 0 Å². The zero-order valence-corrected chi connectivity index (χ0v) is 11.0. The standard InChI is InChI=1S/C13H16ClF2NO/c1-18-9-7-8(15)10(12(16)11(9)14)13(17)5-3-2-4-6-13/h7H,2-6,17H2,1H3. The molecule has 2 nitrogen and oxygen atoms in total. The molecule has 5 heteroatoms. The van der Waals surface area contributed by atoms with Crippen LogP contribution in [0, 0.1) is 11.6 Å². The van der Waals surface area contributed by atoms with E-state index in [1.54, 1.807) is 0 Å². The van der Waals surface area contributed by atoms with E-state index in [0.29, 0.717) is 12.8 Å². The first-order chi connectivity index (χ1) is 8.49. The van der Waals surface area contributed by atoms with Crippen molar-refractivity contribution in [2.75, 3.05) is 7.11 Å². The Morgan fingerprint density at radius 1 is 1.28 bits per heavy atom. The summed E-state index contributed by atoms with van der Waals surface area (Å²) in [4.78, 5) is 0. The molecule has 1 aromatic rings. The van der Waals surface area contributed by atoms with Crippen molar-refractivity contribution in [3.05, 3.63) is 28.3 Å². The van der Waals surface area contributed by atoms with Crippen molar-refractivity contribution in [2.45, 2.75) is 37.6 Å². The number of benzene rings is 1. The van der Waals surface area contributed by atoms with Gasteiger partial charge in [0, 0.05) is 17.2 Å². The molecule has 18 heavy (non-hydrogen) atoms. The van der Waals surface area contributed by atoms with Gasteiger partial charge in [-0.2, -0.15) is 0 Å². The smallest absolute Gasteiger partial charge is 0.153 e. The first-order valence-corrected chi connectivity index (χ1v) is 6.38. The molecule has 0 unspecified atom stereocenters. The molecule has 0 bridgehead atoms. The highest BCUT2D eigenvalue weighted by atomic mass is 35.5. The van der Waals surface area contributed by atoms with Gasteiger partial charge in [0.25, 0.3) is 0 Å². The van der Waals surface area contributed by atoms with Crippen LogP contribution in [0.3, 0.4) is 0 Å². The largest absolute Gasteiger partial charge is 0.495 e. The third-order valence-electron chi connectivity index (χ3n) is 3.59. The molecule has 1 fully saturated rings. The van der Waals surface area contributed by atoms with Gasteiger partial charge >= 0.3 is 0 Å². The Morgan fingerprint density at radius 3 is 2.44 bits per heavy atom. The maximum atomic E-state index is 14.2. The summed E-state index contributed by atoms with van der Waals surface area (Å²) in [6, 6.07) is 1.10. The SMILES string of the molecule is COc1cc(F)c(C2(N)CCCCC2)c(F)c1Cl. The van der Waals surface area contributed by atoms with Crippen LogP contribution < -0.4 is 10.5 Å². The second-order valence-corrected chi connectivity index (χ2v) is 5.16. The number of ether oxygens (including phenoxy) is 1. The number of hydrogen-bond donors (Lipinski definition) is 1. The fraction of sp³-hybridized carbons (Fsp3) is 0.538. The van der Waals surface area contributed by atoms with E-state index in [-0.39, 0.29) is 16.3 Å². The molecule has 0 heterocycles. The summed E-state index contributed by atoms with van der Waals surface area (Å²) in [5.41, 5.74) is 5.10. The summed E-state index contributed by atoms with van der Waals surface area (Å²) < 4.78 is 33.1. The third-order valence-corrected chi connectivity index (χ3v) is 3.94. The molecule has 2 N–H and O–H groups in total. The zero-order chi connectivity index (χ0) is 13.3. The van der Waals surface area contributed by atoms with Crippen LogP contribution in [0.25, 0.3) is 0 Å². The van der Waals surface area contributed by atoms with Gasteiger partial charge in [0.1, 0.15) is 16.6 Å². The fourth-order valence-corrected chi connectivity index (χ4v) is 2.84. The number of methoxy groups -OCH3 is 1. The zero-order valence-electron chi connectivity index (χ0n) is 10.2. The number of halogens is 3. The van der Waals surface area contributed by atoms with E-state index >= 15 is 0 Å². The van der Waals surface area contributed by atoms with Crippen molar-refractivity contribution in [3.63, 3.8) is 0 Å². The van der Waals surface area contributed by atoms with Gasteiger partial charge in [-0.3, -0.25) is 0 Å². The highest BCUT2D eigenvalue weighted by Crippen LogP contribution is 2.41. The van der Waals surface area contributed by atoms with E-state index in [1.807, 2.05) is 0 Å². The minimum atomic E-state index is -0.956. The minimum absolute atomic E-state index is 0.00479. The average Bonchev–Trinajstić information content (AvgIpc) is 2.34. The fourth-order valence-electron chi connectivity index (χ4n) is 2.61. The molecule has 2 rings (SSSR count). The lowest BCUT2D eigenvalue weighted by atomic mass is 9.77. The lowest BCUT2D eigenvalue weighted by Gasteiger charge is -2.34. The van der Waals surface area contributed by atoms with Gasteiger partial charge in [0.15, 0.2) is 5.82 Å². The number of nitrogens with two attached hydrogens (primary N) is 1. The van der Waals surface area contributed by atoms with Crippen molar-refractivity contribution in [1.82, 2.24) is 0 Å². The van der Waals surface area contributed by atoms with E-state index < -0.39 is 17.2 Å². The van der Waals surface area contributed by atoms with Crippen molar-refractivity contribution in [2.24, 2.45) is 5.73 Å². The predicted molar refractivity (Wildman–Crippen MR) is 66.9 cm³/mol. The Labute approximate surface area is 110 Å². The van der Waals surface area contributed by atoms with Crippen LogP contribution in [-0.2, 0) is 5.54 Å². The molecule has 1 saturated carbocycles. The van der Waals surface area contributed by atoms with Gasteiger partial charge in [-0.15, -0.1) is 0 Å². The molecule has 0 radical (unpaired) electrons. The molecular weight excluding hydrogens is 260 g/mol. The van der Waals surface area contributed by atoms with E-state index in [9.17, 15) is 8.78 Å². The Kier molecular flexibility index (Phi) is 3.78. The van der Waals surface area contributed by atoms with Gasteiger partial charge in [-0.1, -0.05) is 30.9 Å². The van der Waals surface area contributed by atoms with E-state index in [4.69, 9.17) is 22.1 Å². The third kappa shape index (κ3) is 2.19. The van der Waals surface area contributed by atoms with Crippen molar-refractivity contribution in [3.8, 4) is 5.75 Å². The van der Waals surface area contributed by atoms with Gasteiger partial charge in [-0.05, 0) is 12.8 Å². The van der Waals surface area contributed by atoms with E-state index in [0.717, 1.165) is 25.3 Å². The Morgan fingerprint density at radius 2 is 1.89 bits per heavy atom. The summed E-state index contributed by atoms with van der Waals surface area (Å²) in [5.74, 6) is -1.48. The normalized spacial score (nSPS) is 18.7. The summed E-state index contributed by atoms with van der Waals surface area (Å²) in [5, 5.41) is -0.204. The average molecular weight is 276 g/mol. The first kappa shape index (κ1) is 13.6. The van der Waals surface area contributed by atoms with Gasteiger partial charge in [0.2, 0.25) is 0 Å². The van der Waals surface area contributed by atoms with Crippen LogP contribution in [0.1, 0.15) is 37.7 Å². The molecule has 0 aliphatic heterocycles. The summed E-state index contributed by atoms with van der Waals surface area (Å²) in [6.07, 6.45) is 3.94. The first-order valence-electron chi connectivity index (χ1n) is 6.00. The quantitative estimate of drug-likeness (QED) is 0.835. The Bertz CT molecular complexity index is 459. The molecule has 0 saturated heterocycles. The van der Waals surface area contributed by atoms with Gasteiger partial charge in [-0.25, -0.2) is 8.78 Å². The molecule has 1 aliphatic carbocycles. The number of hydrogen-bond acceptors (Lipinski definition) is 2. The molecular formula is C13H16ClF2NO. The Hall–Kier alpha value is -0.870. The maximum Gasteiger partial charge on any atom is 0.153 e. The molecule has 0 aromatic heterocycles. The maximum absolute atomic E-state index is 14.2. The highest BCUT2D eigenvalue weighted by molar-refractivity contribution is 6.32. The van der Waals surface area contributed by atoms with Gasteiger partial charge in [0.05, 0.1) is 7.11 Å². The second-order valence-electron chi connectivity index (χ2n) is 4.78. The van der Waals surface area contributed by atoms with Crippen LogP contribution in [0.2, 0.25) is 5.02 Å². The molecule has 1 aromatic carbocycles. The van der Waals surface area contributed by atoms with Crippen LogP contribution in [0.15, 0.2) is 6.07 Å². The van der Waals surface area contributed by atoms with Gasteiger partial charge < -0.3 is 10.5 Å². The monoisotopic (exact) mass is 275 g/mol. The van der Waals surface area contributed by atoms with Crippen molar-refractivity contribution >= 4 is 11.6 Å². The predicted octanol–water partition coefficient (Wildman–Crippen LogP) is 3.74. The lowest BCUT2D eigenvalue weighted by molar-refractivity contribution is 0.281. The topological polar surface area (TPSA) is 35.2 Å². The summed E-state index contributed by atoms with van der Waals surface area (Å²) >= 11 is 5.83. The highest BCUT2D eigenvalue weighted by Gasteiger charge is 2.36. The molecule has 0 spiro atoms. The van der Waals surface area contributed by atoms with Crippen LogP contribution >= 0.6 is 11.6 Å². The minimum Gasteiger partial charge on any atom is -0.495 e. The van der Waals surface area contributed by atoms with Crippen LogP contribution in [-0.4, -0.2) is 7.11 Å². The molecule has 1 aliphatic rings. The number of rotatable bonds is 2. The van der Waals surface area contributed by atoms with E-state index in [1.165, 1.54) is 7.11 Å². The molecule has 0 amide bonds. The summed E-state index contributed by atoms with van der Waals surface area (Å²) in [7, 11) is 1.32. The van der Waals surface area contributed by atoms with E-state index in [2.05, 4.69) is 0 Å².